The Bertz CT molecular complexity index is 381. The second-order valence-corrected chi connectivity index (χ2v) is 8.68. The summed E-state index contributed by atoms with van der Waals surface area (Å²) in [6.07, 6.45) is 13.4. The number of esters is 1. The smallest absolute Gasteiger partial charge is 0.309 e. The quantitative estimate of drug-likeness (QED) is 0.240. The van der Waals surface area contributed by atoms with Gasteiger partial charge >= 0.3 is 5.97 Å². The molecule has 4 nitrogen and oxygen atoms in total. The Kier molecular flexibility index (Phi) is 13.0. The third kappa shape index (κ3) is 11.7. The summed E-state index contributed by atoms with van der Waals surface area (Å²) in [4.78, 5) is 12.3. The number of ether oxygens (including phenoxy) is 3. The van der Waals surface area contributed by atoms with Crippen LogP contribution in [0.15, 0.2) is 0 Å². The van der Waals surface area contributed by atoms with E-state index in [1.807, 2.05) is 27.7 Å². The van der Waals surface area contributed by atoms with Crippen LogP contribution in [0, 0.1) is 5.92 Å². The summed E-state index contributed by atoms with van der Waals surface area (Å²) < 4.78 is 17.3. The van der Waals surface area contributed by atoms with Crippen molar-refractivity contribution in [2.24, 2.45) is 5.92 Å². The van der Waals surface area contributed by atoms with E-state index in [1.54, 1.807) is 0 Å². The van der Waals surface area contributed by atoms with Gasteiger partial charge in [0.25, 0.3) is 0 Å². The van der Waals surface area contributed by atoms with Crippen LogP contribution >= 0.6 is 0 Å². The minimum absolute atomic E-state index is 0.0354. The van der Waals surface area contributed by atoms with Crippen LogP contribution in [0.5, 0.6) is 0 Å². The molecule has 1 saturated heterocycles. The van der Waals surface area contributed by atoms with Crippen LogP contribution in [0.2, 0.25) is 0 Å². The summed E-state index contributed by atoms with van der Waals surface area (Å²) in [5.74, 6) is -0.0787. The molecular formula is C23H44O4. The first-order valence-corrected chi connectivity index (χ1v) is 11.4. The lowest BCUT2D eigenvalue weighted by Gasteiger charge is -2.23. The number of carbonyl (C=O) groups is 1. The van der Waals surface area contributed by atoms with Crippen molar-refractivity contribution < 1.29 is 19.0 Å². The Morgan fingerprint density at radius 3 is 2.19 bits per heavy atom. The summed E-state index contributed by atoms with van der Waals surface area (Å²) in [6, 6.07) is 0. The molecule has 0 saturated carbocycles. The van der Waals surface area contributed by atoms with E-state index in [9.17, 15) is 4.79 Å². The van der Waals surface area contributed by atoms with Crippen molar-refractivity contribution in [2.75, 3.05) is 6.61 Å². The van der Waals surface area contributed by atoms with Gasteiger partial charge in [0, 0.05) is 0 Å². The van der Waals surface area contributed by atoms with Gasteiger partial charge in [0.1, 0.15) is 6.10 Å². The minimum atomic E-state index is -0.0403. The molecule has 0 amide bonds. The van der Waals surface area contributed by atoms with E-state index >= 15 is 0 Å². The molecule has 1 heterocycles. The second-order valence-electron chi connectivity index (χ2n) is 8.68. The van der Waals surface area contributed by atoms with Gasteiger partial charge in [-0.2, -0.15) is 0 Å². The molecular weight excluding hydrogens is 340 g/mol. The zero-order chi connectivity index (χ0) is 20.1. The van der Waals surface area contributed by atoms with Crippen LogP contribution in [0.3, 0.4) is 0 Å². The van der Waals surface area contributed by atoms with Gasteiger partial charge in [-0.05, 0) is 53.4 Å². The number of carbonyl (C=O) groups excluding carboxylic acids is 1. The Labute approximate surface area is 167 Å². The van der Waals surface area contributed by atoms with Crippen molar-refractivity contribution in [3.8, 4) is 0 Å². The largest absolute Gasteiger partial charge is 0.462 e. The molecule has 4 heteroatoms. The van der Waals surface area contributed by atoms with E-state index in [1.165, 1.54) is 51.4 Å². The van der Waals surface area contributed by atoms with Crippen molar-refractivity contribution in [2.45, 2.75) is 130 Å². The highest BCUT2D eigenvalue weighted by Crippen LogP contribution is 2.29. The summed E-state index contributed by atoms with van der Waals surface area (Å²) in [6.45, 7) is 10.9. The third-order valence-corrected chi connectivity index (χ3v) is 5.17. The molecule has 27 heavy (non-hydrogen) atoms. The number of hydrogen-bond donors (Lipinski definition) is 0. The molecule has 1 aliphatic rings. The first-order chi connectivity index (χ1) is 12.9. The van der Waals surface area contributed by atoms with Crippen molar-refractivity contribution in [1.29, 1.82) is 0 Å². The number of rotatable bonds is 16. The summed E-state index contributed by atoms with van der Waals surface area (Å²) in [5.41, 5.74) is 0. The average Bonchev–Trinajstić information content (AvgIpc) is 2.94. The Morgan fingerprint density at radius 1 is 0.963 bits per heavy atom. The van der Waals surface area contributed by atoms with E-state index in [0.29, 0.717) is 13.0 Å². The van der Waals surface area contributed by atoms with E-state index in [0.717, 1.165) is 12.8 Å². The minimum Gasteiger partial charge on any atom is -0.462 e. The highest BCUT2D eigenvalue weighted by Gasteiger charge is 2.36. The van der Waals surface area contributed by atoms with Crippen LogP contribution in [0.1, 0.15) is 105 Å². The van der Waals surface area contributed by atoms with Crippen molar-refractivity contribution >= 4 is 5.97 Å². The fourth-order valence-electron chi connectivity index (χ4n) is 3.76. The number of hydrogen-bond acceptors (Lipinski definition) is 4. The highest BCUT2D eigenvalue weighted by molar-refractivity contribution is 5.74. The molecule has 0 aromatic heterocycles. The molecule has 0 aromatic carbocycles. The van der Waals surface area contributed by atoms with Gasteiger partial charge in [0.05, 0.1) is 30.8 Å². The summed E-state index contributed by atoms with van der Waals surface area (Å²) in [5, 5.41) is 0. The molecule has 0 bridgehead atoms. The van der Waals surface area contributed by atoms with Crippen LogP contribution in [-0.2, 0) is 19.0 Å². The predicted molar refractivity (Wildman–Crippen MR) is 111 cm³/mol. The fraction of sp³-hybridized carbons (Fsp3) is 0.957. The molecule has 160 valence electrons. The van der Waals surface area contributed by atoms with E-state index in [4.69, 9.17) is 14.2 Å². The van der Waals surface area contributed by atoms with Crippen LogP contribution in [0.4, 0.5) is 0 Å². The molecule has 1 aliphatic heterocycles. The predicted octanol–water partition coefficient (Wildman–Crippen LogP) is 6.06. The van der Waals surface area contributed by atoms with Gasteiger partial charge in [-0.3, -0.25) is 4.79 Å². The van der Waals surface area contributed by atoms with E-state index < -0.39 is 0 Å². The molecule has 1 rings (SSSR count). The lowest BCUT2D eigenvalue weighted by molar-refractivity contribution is -0.146. The van der Waals surface area contributed by atoms with Gasteiger partial charge in [0.15, 0.2) is 0 Å². The molecule has 3 unspecified atom stereocenters. The zero-order valence-corrected chi connectivity index (χ0v) is 18.5. The third-order valence-electron chi connectivity index (χ3n) is 5.17. The van der Waals surface area contributed by atoms with E-state index in [-0.39, 0.29) is 36.3 Å². The van der Waals surface area contributed by atoms with Crippen LogP contribution < -0.4 is 0 Å². The lowest BCUT2D eigenvalue weighted by Crippen LogP contribution is -2.29. The van der Waals surface area contributed by atoms with Crippen molar-refractivity contribution in [3.63, 3.8) is 0 Å². The summed E-state index contributed by atoms with van der Waals surface area (Å²) >= 11 is 0. The Morgan fingerprint density at radius 2 is 1.59 bits per heavy atom. The molecule has 0 aromatic rings. The van der Waals surface area contributed by atoms with Gasteiger partial charge < -0.3 is 14.2 Å². The molecule has 0 N–H and O–H groups in total. The standard InChI is InChI=1S/C23H44O4/c1-6-7-8-9-10-11-12-13-14-21-15-20(23(24)27-21)16-22(26-19(4)5)17-25-18(2)3/h18-22H,6-17H2,1-5H3. The van der Waals surface area contributed by atoms with Gasteiger partial charge in [0.2, 0.25) is 0 Å². The van der Waals surface area contributed by atoms with Gasteiger partial charge in [-0.1, -0.05) is 51.9 Å². The monoisotopic (exact) mass is 384 g/mol. The topological polar surface area (TPSA) is 44.8 Å². The first kappa shape index (κ1) is 24.4. The molecule has 1 fully saturated rings. The lowest BCUT2D eigenvalue weighted by atomic mass is 9.95. The van der Waals surface area contributed by atoms with Gasteiger partial charge in [-0.15, -0.1) is 0 Å². The highest BCUT2D eigenvalue weighted by atomic mass is 16.6. The first-order valence-electron chi connectivity index (χ1n) is 11.4. The number of unbranched alkanes of at least 4 members (excludes halogenated alkanes) is 7. The SMILES string of the molecule is CCCCCCCCCCC1CC(CC(COC(C)C)OC(C)C)C(=O)O1. The van der Waals surface area contributed by atoms with Crippen LogP contribution in [-0.4, -0.2) is 37.0 Å². The normalized spacial score (nSPS) is 21.2. The van der Waals surface area contributed by atoms with Crippen molar-refractivity contribution in [1.82, 2.24) is 0 Å². The maximum absolute atomic E-state index is 12.3. The molecule has 0 spiro atoms. The summed E-state index contributed by atoms with van der Waals surface area (Å²) in [7, 11) is 0. The fourth-order valence-corrected chi connectivity index (χ4v) is 3.76. The maximum atomic E-state index is 12.3. The van der Waals surface area contributed by atoms with Crippen LogP contribution in [0.25, 0.3) is 0 Å². The zero-order valence-electron chi connectivity index (χ0n) is 18.5. The Balaban J connectivity index is 2.24. The van der Waals surface area contributed by atoms with Crippen molar-refractivity contribution in [3.05, 3.63) is 0 Å². The van der Waals surface area contributed by atoms with Gasteiger partial charge in [-0.25, -0.2) is 0 Å². The molecule has 0 aliphatic carbocycles. The Hall–Kier alpha value is -0.610. The maximum Gasteiger partial charge on any atom is 0.309 e. The molecule has 3 atom stereocenters. The molecule has 0 radical (unpaired) electrons. The second kappa shape index (κ2) is 14.4. The van der Waals surface area contributed by atoms with E-state index in [2.05, 4.69) is 6.92 Å². The average molecular weight is 385 g/mol. The number of cyclic esters (lactones) is 1.